The lowest BCUT2D eigenvalue weighted by atomic mass is 10.2. The molecule has 1 atom stereocenters. The Bertz CT molecular complexity index is 471. The molecule has 0 aliphatic heterocycles. The van der Waals surface area contributed by atoms with Crippen LogP contribution in [0.2, 0.25) is 0 Å². The van der Waals surface area contributed by atoms with Crippen LogP contribution in [0.3, 0.4) is 0 Å². The van der Waals surface area contributed by atoms with E-state index >= 15 is 0 Å². The minimum atomic E-state index is 0.346. The minimum Gasteiger partial charge on any atom is -0.352 e. The van der Waals surface area contributed by atoms with Crippen molar-refractivity contribution in [3.63, 3.8) is 0 Å². The summed E-state index contributed by atoms with van der Waals surface area (Å²) in [5, 5.41) is 3.22. The molecule has 0 radical (unpaired) electrons. The molecule has 1 N–H and O–H groups in total. The van der Waals surface area contributed by atoms with E-state index in [-0.39, 0.29) is 0 Å². The monoisotopic (exact) mass is 229 g/mol. The second-order valence-electron chi connectivity index (χ2n) is 3.83. The average molecular weight is 229 g/mol. The van der Waals surface area contributed by atoms with Crippen molar-refractivity contribution in [2.24, 2.45) is 0 Å². The van der Waals surface area contributed by atoms with E-state index in [4.69, 9.17) is 0 Å². The van der Waals surface area contributed by atoms with Crippen LogP contribution in [0.25, 0.3) is 11.4 Å². The fraction of sp³-hybridized carbons (Fsp3) is 0.333. The molecule has 2 aromatic heterocycles. The normalized spacial score (nSPS) is 12.1. The van der Waals surface area contributed by atoms with Gasteiger partial charge in [-0.15, -0.1) is 0 Å². The average Bonchev–Trinajstić information content (AvgIpc) is 2.40. The first-order valence-electron chi connectivity index (χ1n) is 5.65. The summed E-state index contributed by atoms with van der Waals surface area (Å²) in [6.07, 6.45) is 6.00. The van der Waals surface area contributed by atoms with Gasteiger partial charge in [-0.25, -0.2) is 9.97 Å². The van der Waals surface area contributed by atoms with Crippen molar-refractivity contribution in [3.05, 3.63) is 30.9 Å². The third kappa shape index (κ3) is 2.96. The fourth-order valence-electron chi connectivity index (χ4n) is 1.32. The van der Waals surface area contributed by atoms with E-state index in [1.807, 2.05) is 12.1 Å². The largest absolute Gasteiger partial charge is 0.352 e. The van der Waals surface area contributed by atoms with Crippen molar-refractivity contribution in [3.8, 4) is 11.4 Å². The van der Waals surface area contributed by atoms with Crippen LogP contribution in [0.4, 0.5) is 5.95 Å². The molecule has 0 aliphatic rings. The number of pyridine rings is 1. The summed E-state index contributed by atoms with van der Waals surface area (Å²) in [4.78, 5) is 16.6. The Morgan fingerprint density at radius 2 is 2.24 bits per heavy atom. The quantitative estimate of drug-likeness (QED) is 0.870. The zero-order valence-electron chi connectivity index (χ0n) is 9.96. The molecule has 2 heterocycles. The molecule has 88 valence electrons. The highest BCUT2D eigenvalue weighted by atomic mass is 15.1. The van der Waals surface area contributed by atoms with E-state index in [2.05, 4.69) is 39.1 Å². The molecule has 2 aromatic rings. The van der Waals surface area contributed by atoms with Crippen LogP contribution in [-0.2, 0) is 0 Å². The van der Waals surface area contributed by atoms with Crippen molar-refractivity contribution in [1.82, 2.24) is 19.9 Å². The summed E-state index contributed by atoms with van der Waals surface area (Å²) < 4.78 is 0. The summed E-state index contributed by atoms with van der Waals surface area (Å²) in [6, 6.07) is 4.13. The predicted molar refractivity (Wildman–Crippen MR) is 66.4 cm³/mol. The summed E-state index contributed by atoms with van der Waals surface area (Å²) in [7, 11) is 0. The molecule has 0 saturated heterocycles. The third-order valence-corrected chi connectivity index (χ3v) is 2.48. The van der Waals surface area contributed by atoms with Gasteiger partial charge in [-0.1, -0.05) is 6.92 Å². The lowest BCUT2D eigenvalue weighted by Gasteiger charge is -2.11. The number of anilines is 1. The Labute approximate surface area is 100 Å². The number of nitrogens with one attached hydrogen (secondary N) is 1. The molecule has 5 nitrogen and oxygen atoms in total. The molecular weight excluding hydrogens is 214 g/mol. The number of hydrogen-bond acceptors (Lipinski definition) is 5. The van der Waals surface area contributed by atoms with Crippen LogP contribution in [0.5, 0.6) is 0 Å². The molecule has 1 unspecified atom stereocenters. The molecule has 0 amide bonds. The predicted octanol–water partition coefficient (Wildman–Crippen LogP) is 2.14. The van der Waals surface area contributed by atoms with E-state index in [1.54, 1.807) is 12.4 Å². The first kappa shape index (κ1) is 11.4. The maximum absolute atomic E-state index is 4.36. The van der Waals surface area contributed by atoms with Gasteiger partial charge in [0.2, 0.25) is 5.95 Å². The zero-order valence-corrected chi connectivity index (χ0v) is 9.96. The zero-order chi connectivity index (χ0) is 12.1. The fourth-order valence-corrected chi connectivity index (χ4v) is 1.32. The van der Waals surface area contributed by atoms with Gasteiger partial charge in [-0.3, -0.25) is 4.98 Å². The second kappa shape index (κ2) is 5.34. The number of rotatable bonds is 4. The standard InChI is InChI=1S/C12H15N5/c1-3-9(2)16-12-15-8-14-11(17-12)10-5-4-6-13-7-10/h4-9H,3H2,1-2H3,(H,14,15,16,17). The summed E-state index contributed by atoms with van der Waals surface area (Å²) in [6.45, 7) is 4.20. The molecule has 17 heavy (non-hydrogen) atoms. The van der Waals surface area contributed by atoms with E-state index in [1.165, 1.54) is 6.33 Å². The lowest BCUT2D eigenvalue weighted by Crippen LogP contribution is -2.16. The van der Waals surface area contributed by atoms with Gasteiger partial charge in [0.25, 0.3) is 0 Å². The van der Waals surface area contributed by atoms with Gasteiger partial charge in [0.15, 0.2) is 5.82 Å². The van der Waals surface area contributed by atoms with Crippen molar-refractivity contribution in [2.75, 3.05) is 5.32 Å². The number of aromatic nitrogens is 4. The summed E-state index contributed by atoms with van der Waals surface area (Å²) >= 11 is 0. The molecule has 0 fully saturated rings. The van der Waals surface area contributed by atoms with Crippen molar-refractivity contribution < 1.29 is 0 Å². The van der Waals surface area contributed by atoms with Gasteiger partial charge < -0.3 is 5.32 Å². The molecule has 0 spiro atoms. The highest BCUT2D eigenvalue weighted by molar-refractivity contribution is 5.53. The smallest absolute Gasteiger partial charge is 0.226 e. The first-order chi connectivity index (χ1) is 8.29. The van der Waals surface area contributed by atoms with E-state index in [9.17, 15) is 0 Å². The highest BCUT2D eigenvalue weighted by Gasteiger charge is 2.05. The lowest BCUT2D eigenvalue weighted by molar-refractivity contribution is 0.751. The maximum Gasteiger partial charge on any atom is 0.226 e. The van der Waals surface area contributed by atoms with Crippen LogP contribution >= 0.6 is 0 Å². The maximum atomic E-state index is 4.36. The van der Waals surface area contributed by atoms with Crippen molar-refractivity contribution >= 4 is 5.95 Å². The minimum absolute atomic E-state index is 0.346. The van der Waals surface area contributed by atoms with Crippen LogP contribution < -0.4 is 5.32 Å². The van der Waals surface area contributed by atoms with Gasteiger partial charge in [-0.05, 0) is 25.5 Å². The molecule has 0 aliphatic carbocycles. The third-order valence-electron chi connectivity index (χ3n) is 2.48. The molecule has 0 saturated carbocycles. The van der Waals surface area contributed by atoms with Gasteiger partial charge in [0, 0.05) is 24.0 Å². The summed E-state index contributed by atoms with van der Waals surface area (Å²) in [5.74, 6) is 1.24. The number of nitrogens with zero attached hydrogens (tertiary/aromatic N) is 4. The summed E-state index contributed by atoms with van der Waals surface area (Å²) in [5.41, 5.74) is 0.891. The van der Waals surface area contributed by atoms with Gasteiger partial charge in [0.1, 0.15) is 6.33 Å². The van der Waals surface area contributed by atoms with Crippen LogP contribution in [0, 0.1) is 0 Å². The van der Waals surface area contributed by atoms with E-state index < -0.39 is 0 Å². The first-order valence-corrected chi connectivity index (χ1v) is 5.65. The Morgan fingerprint density at radius 1 is 1.35 bits per heavy atom. The van der Waals surface area contributed by atoms with E-state index in [0.717, 1.165) is 12.0 Å². The second-order valence-corrected chi connectivity index (χ2v) is 3.83. The van der Waals surface area contributed by atoms with Gasteiger partial charge in [0.05, 0.1) is 0 Å². The van der Waals surface area contributed by atoms with E-state index in [0.29, 0.717) is 17.8 Å². The van der Waals surface area contributed by atoms with Gasteiger partial charge in [-0.2, -0.15) is 4.98 Å². The molecule has 0 bridgehead atoms. The van der Waals surface area contributed by atoms with Crippen molar-refractivity contribution in [1.29, 1.82) is 0 Å². The Hall–Kier alpha value is -2.04. The Morgan fingerprint density at radius 3 is 2.94 bits per heavy atom. The highest BCUT2D eigenvalue weighted by Crippen LogP contribution is 2.13. The molecule has 5 heteroatoms. The molecular formula is C12H15N5. The molecule has 0 aromatic carbocycles. The van der Waals surface area contributed by atoms with Crippen LogP contribution in [0.15, 0.2) is 30.9 Å². The number of hydrogen-bond donors (Lipinski definition) is 1. The van der Waals surface area contributed by atoms with Crippen molar-refractivity contribution in [2.45, 2.75) is 26.3 Å². The van der Waals surface area contributed by atoms with Gasteiger partial charge >= 0.3 is 0 Å². The Kier molecular flexibility index (Phi) is 3.59. The Balaban J connectivity index is 2.23. The molecule has 2 rings (SSSR count). The van der Waals surface area contributed by atoms with Crippen LogP contribution in [0.1, 0.15) is 20.3 Å². The SMILES string of the molecule is CCC(C)Nc1ncnc(-c2cccnc2)n1. The topological polar surface area (TPSA) is 63.6 Å². The van der Waals surface area contributed by atoms with Crippen LogP contribution in [-0.4, -0.2) is 26.0 Å².